The van der Waals surface area contributed by atoms with Crippen LogP contribution in [-0.2, 0) is 7.05 Å². The van der Waals surface area contributed by atoms with Crippen molar-refractivity contribution in [3.8, 4) is 0 Å². The molecule has 0 saturated heterocycles. The van der Waals surface area contributed by atoms with Gasteiger partial charge in [0.2, 0.25) is 0 Å². The molecular formula is C14H20N4O2. The zero-order valence-corrected chi connectivity index (χ0v) is 12.5. The molecule has 6 nitrogen and oxygen atoms in total. The number of nitrogens with zero attached hydrogens (tertiary/aromatic N) is 4. The number of pyridine rings is 1. The highest BCUT2D eigenvalue weighted by atomic mass is 16.3. The normalized spacial score (nSPS) is 11.9. The number of aryl methyl sites for hydroxylation is 2. The first-order chi connectivity index (χ1) is 9.19. The molecule has 0 aliphatic heterocycles. The number of aromatic nitrogens is 3. The summed E-state index contributed by atoms with van der Waals surface area (Å²) in [6, 6.07) is 1.76. The van der Waals surface area contributed by atoms with Gasteiger partial charge in [0.25, 0.3) is 5.91 Å². The summed E-state index contributed by atoms with van der Waals surface area (Å²) >= 11 is 0. The van der Waals surface area contributed by atoms with Crippen molar-refractivity contribution in [2.75, 3.05) is 13.6 Å². The number of aliphatic hydroxyl groups is 1. The van der Waals surface area contributed by atoms with Crippen molar-refractivity contribution >= 4 is 16.9 Å². The van der Waals surface area contributed by atoms with Crippen LogP contribution >= 0.6 is 0 Å². The minimum Gasteiger partial charge on any atom is -0.389 e. The van der Waals surface area contributed by atoms with Crippen molar-refractivity contribution in [2.45, 2.75) is 26.4 Å². The van der Waals surface area contributed by atoms with Gasteiger partial charge in [0.15, 0.2) is 5.65 Å². The van der Waals surface area contributed by atoms with E-state index in [9.17, 15) is 9.90 Å². The lowest BCUT2D eigenvalue weighted by atomic mass is 10.1. The average Bonchev–Trinajstić information content (AvgIpc) is 2.67. The molecule has 1 N–H and O–H groups in total. The van der Waals surface area contributed by atoms with E-state index >= 15 is 0 Å². The van der Waals surface area contributed by atoms with Gasteiger partial charge in [-0.1, -0.05) is 0 Å². The van der Waals surface area contributed by atoms with Crippen molar-refractivity contribution in [2.24, 2.45) is 7.05 Å². The van der Waals surface area contributed by atoms with Crippen molar-refractivity contribution in [1.82, 2.24) is 19.7 Å². The molecule has 6 heteroatoms. The highest BCUT2D eigenvalue weighted by molar-refractivity contribution is 6.05. The summed E-state index contributed by atoms with van der Waals surface area (Å²) in [6.07, 6.45) is 1.65. The molecule has 2 rings (SSSR count). The van der Waals surface area contributed by atoms with E-state index in [0.29, 0.717) is 11.2 Å². The summed E-state index contributed by atoms with van der Waals surface area (Å²) in [6.45, 7) is 5.46. The van der Waals surface area contributed by atoms with E-state index in [1.54, 1.807) is 44.9 Å². The molecular weight excluding hydrogens is 256 g/mol. The molecule has 108 valence electrons. The fraction of sp³-hybridized carbons (Fsp3) is 0.500. The van der Waals surface area contributed by atoms with Gasteiger partial charge in [0.1, 0.15) is 0 Å². The lowest BCUT2D eigenvalue weighted by Crippen LogP contribution is -2.39. The zero-order valence-electron chi connectivity index (χ0n) is 12.5. The van der Waals surface area contributed by atoms with Crippen molar-refractivity contribution < 1.29 is 9.90 Å². The number of fused-ring (bicyclic) bond motifs is 1. The number of carbonyl (C=O) groups is 1. The lowest BCUT2D eigenvalue weighted by molar-refractivity contribution is 0.0369. The molecule has 0 bridgehead atoms. The van der Waals surface area contributed by atoms with E-state index in [-0.39, 0.29) is 12.5 Å². The molecule has 0 aliphatic carbocycles. The van der Waals surface area contributed by atoms with Crippen LogP contribution < -0.4 is 0 Å². The van der Waals surface area contributed by atoms with Gasteiger partial charge in [0, 0.05) is 26.3 Å². The van der Waals surface area contributed by atoms with Gasteiger partial charge in [-0.25, -0.2) is 4.98 Å². The van der Waals surface area contributed by atoms with Crippen LogP contribution in [0.2, 0.25) is 0 Å². The smallest absolute Gasteiger partial charge is 0.254 e. The number of hydrogen-bond donors (Lipinski definition) is 1. The Hall–Kier alpha value is -1.95. The van der Waals surface area contributed by atoms with Crippen molar-refractivity contribution in [3.63, 3.8) is 0 Å². The summed E-state index contributed by atoms with van der Waals surface area (Å²) < 4.78 is 1.65. The van der Waals surface area contributed by atoms with Gasteiger partial charge in [-0.15, -0.1) is 0 Å². The Bertz CT molecular complexity index is 655. The first kappa shape index (κ1) is 14.5. The van der Waals surface area contributed by atoms with Crippen LogP contribution in [0.3, 0.4) is 0 Å². The van der Waals surface area contributed by atoms with E-state index < -0.39 is 5.60 Å². The summed E-state index contributed by atoms with van der Waals surface area (Å²) in [4.78, 5) is 18.5. The van der Waals surface area contributed by atoms with Crippen LogP contribution in [-0.4, -0.2) is 49.9 Å². The fourth-order valence-electron chi connectivity index (χ4n) is 2.27. The third kappa shape index (κ3) is 2.80. The van der Waals surface area contributed by atoms with Gasteiger partial charge in [0.05, 0.1) is 22.7 Å². The number of hydrogen-bond acceptors (Lipinski definition) is 4. The van der Waals surface area contributed by atoms with E-state index in [1.165, 1.54) is 4.90 Å². The monoisotopic (exact) mass is 276 g/mol. The maximum Gasteiger partial charge on any atom is 0.254 e. The SMILES string of the molecule is Cc1cc(C(=O)N(C)CC(C)(C)O)c2cnn(C)c2n1. The second-order valence-corrected chi connectivity index (χ2v) is 5.79. The second kappa shape index (κ2) is 4.86. The Kier molecular flexibility index (Phi) is 3.52. The summed E-state index contributed by atoms with van der Waals surface area (Å²) in [7, 11) is 3.47. The Balaban J connectivity index is 2.44. The number of amides is 1. The standard InChI is InChI=1S/C14H20N4O2/c1-9-6-10(11-7-15-18(5)12(11)16-9)13(19)17(4)8-14(2,3)20/h6-7,20H,8H2,1-5H3. The predicted molar refractivity (Wildman–Crippen MR) is 76.5 cm³/mol. The summed E-state index contributed by atoms with van der Waals surface area (Å²) in [5, 5.41) is 14.7. The molecule has 2 aromatic heterocycles. The molecule has 0 saturated carbocycles. The first-order valence-corrected chi connectivity index (χ1v) is 6.46. The molecule has 1 amide bonds. The zero-order chi connectivity index (χ0) is 15.1. The quantitative estimate of drug-likeness (QED) is 0.912. The van der Waals surface area contributed by atoms with Gasteiger partial charge < -0.3 is 10.0 Å². The highest BCUT2D eigenvalue weighted by Crippen LogP contribution is 2.19. The minimum atomic E-state index is -0.930. The average molecular weight is 276 g/mol. The fourth-order valence-corrected chi connectivity index (χ4v) is 2.27. The minimum absolute atomic E-state index is 0.143. The lowest BCUT2D eigenvalue weighted by Gasteiger charge is -2.25. The molecule has 0 aliphatic rings. The van der Waals surface area contributed by atoms with E-state index in [0.717, 1.165) is 11.1 Å². The highest BCUT2D eigenvalue weighted by Gasteiger charge is 2.23. The van der Waals surface area contributed by atoms with E-state index in [2.05, 4.69) is 10.1 Å². The Morgan fingerprint density at radius 2 is 2.15 bits per heavy atom. The molecule has 0 atom stereocenters. The molecule has 2 heterocycles. The third-order valence-electron chi connectivity index (χ3n) is 3.03. The van der Waals surface area contributed by atoms with E-state index in [4.69, 9.17) is 0 Å². The van der Waals surface area contributed by atoms with Crippen molar-refractivity contribution in [3.05, 3.63) is 23.5 Å². The van der Waals surface area contributed by atoms with Crippen LogP contribution in [0.4, 0.5) is 0 Å². The van der Waals surface area contributed by atoms with E-state index in [1.807, 2.05) is 6.92 Å². The largest absolute Gasteiger partial charge is 0.389 e. The van der Waals surface area contributed by atoms with Crippen molar-refractivity contribution in [1.29, 1.82) is 0 Å². The van der Waals surface area contributed by atoms with Gasteiger partial charge in [-0.3, -0.25) is 9.48 Å². The number of likely N-dealkylation sites (N-methyl/N-ethyl adjacent to an activating group) is 1. The molecule has 0 unspecified atom stereocenters. The second-order valence-electron chi connectivity index (χ2n) is 5.79. The van der Waals surface area contributed by atoms with Gasteiger partial charge in [-0.2, -0.15) is 5.10 Å². The molecule has 0 spiro atoms. The molecule has 20 heavy (non-hydrogen) atoms. The van der Waals surface area contributed by atoms with Crippen LogP contribution in [0.15, 0.2) is 12.3 Å². The molecule has 0 aromatic carbocycles. The summed E-state index contributed by atoms with van der Waals surface area (Å²) in [5.74, 6) is -0.143. The van der Waals surface area contributed by atoms with Crippen LogP contribution in [0.5, 0.6) is 0 Å². The number of rotatable bonds is 3. The van der Waals surface area contributed by atoms with Crippen LogP contribution in [0.25, 0.3) is 11.0 Å². The molecule has 2 aromatic rings. The summed E-state index contributed by atoms with van der Waals surface area (Å²) in [5.41, 5.74) is 1.08. The third-order valence-corrected chi connectivity index (χ3v) is 3.03. The maximum atomic E-state index is 12.5. The Morgan fingerprint density at radius 1 is 1.50 bits per heavy atom. The topological polar surface area (TPSA) is 71.2 Å². The predicted octanol–water partition coefficient (Wildman–Crippen LogP) is 1.12. The van der Waals surface area contributed by atoms with Gasteiger partial charge >= 0.3 is 0 Å². The van der Waals surface area contributed by atoms with Crippen LogP contribution in [0, 0.1) is 6.92 Å². The maximum absolute atomic E-state index is 12.5. The van der Waals surface area contributed by atoms with Crippen LogP contribution in [0.1, 0.15) is 29.9 Å². The molecule has 0 radical (unpaired) electrons. The molecule has 0 fully saturated rings. The Morgan fingerprint density at radius 3 is 2.75 bits per heavy atom. The van der Waals surface area contributed by atoms with Gasteiger partial charge in [-0.05, 0) is 26.8 Å². The number of carbonyl (C=O) groups excluding carboxylic acids is 1. The Labute approximate surface area is 118 Å². The first-order valence-electron chi connectivity index (χ1n) is 6.46.